The quantitative estimate of drug-likeness (QED) is 0.596. The SMILES string of the molecule is C=CCNCC(=O)N(CC)c1cc(O)ccc1C. The van der Waals surface area contributed by atoms with E-state index in [-0.39, 0.29) is 18.2 Å². The number of carbonyl (C=O) groups is 1. The first kappa shape index (κ1) is 14.3. The molecule has 4 nitrogen and oxygen atoms in total. The van der Waals surface area contributed by atoms with E-state index in [2.05, 4.69) is 11.9 Å². The number of rotatable bonds is 6. The maximum Gasteiger partial charge on any atom is 0.240 e. The van der Waals surface area contributed by atoms with E-state index in [1.54, 1.807) is 29.2 Å². The zero-order valence-corrected chi connectivity index (χ0v) is 10.9. The van der Waals surface area contributed by atoms with Gasteiger partial charge in [0.05, 0.1) is 12.2 Å². The number of phenols is 1. The third kappa shape index (κ3) is 3.60. The molecule has 0 unspecified atom stereocenters. The van der Waals surface area contributed by atoms with Crippen molar-refractivity contribution in [2.75, 3.05) is 24.5 Å². The van der Waals surface area contributed by atoms with Crippen molar-refractivity contribution >= 4 is 11.6 Å². The lowest BCUT2D eigenvalue weighted by Crippen LogP contribution is -2.38. The lowest BCUT2D eigenvalue weighted by atomic mass is 10.1. The number of carbonyl (C=O) groups excluding carboxylic acids is 1. The molecule has 2 N–H and O–H groups in total. The van der Waals surface area contributed by atoms with Crippen molar-refractivity contribution in [3.63, 3.8) is 0 Å². The van der Waals surface area contributed by atoms with Gasteiger partial charge in [0.1, 0.15) is 5.75 Å². The Morgan fingerprint density at radius 3 is 2.89 bits per heavy atom. The molecule has 0 bridgehead atoms. The zero-order chi connectivity index (χ0) is 13.5. The van der Waals surface area contributed by atoms with Crippen LogP contribution in [0.25, 0.3) is 0 Å². The van der Waals surface area contributed by atoms with Gasteiger partial charge < -0.3 is 15.3 Å². The first-order valence-electron chi connectivity index (χ1n) is 6.01. The maximum atomic E-state index is 12.1. The van der Waals surface area contributed by atoms with E-state index in [1.165, 1.54) is 0 Å². The van der Waals surface area contributed by atoms with Gasteiger partial charge in [-0.25, -0.2) is 0 Å². The standard InChI is InChI=1S/C14H20N2O2/c1-4-8-15-10-14(18)16(5-2)13-9-12(17)7-6-11(13)3/h4,6-7,9,15,17H,1,5,8,10H2,2-3H3. The van der Waals surface area contributed by atoms with Crippen molar-refractivity contribution in [1.29, 1.82) is 0 Å². The number of nitrogens with one attached hydrogen (secondary N) is 1. The van der Waals surface area contributed by atoms with Crippen LogP contribution in [0.1, 0.15) is 12.5 Å². The highest BCUT2D eigenvalue weighted by Gasteiger charge is 2.15. The summed E-state index contributed by atoms with van der Waals surface area (Å²) in [7, 11) is 0. The fraction of sp³-hybridized carbons (Fsp3) is 0.357. The molecule has 0 aliphatic rings. The summed E-state index contributed by atoms with van der Waals surface area (Å²) in [4.78, 5) is 13.7. The molecule has 1 amide bonds. The Kier molecular flexibility index (Phi) is 5.39. The summed E-state index contributed by atoms with van der Waals surface area (Å²) in [5.74, 6) is 0.147. The third-order valence-corrected chi connectivity index (χ3v) is 2.67. The first-order valence-corrected chi connectivity index (χ1v) is 6.01. The average Bonchev–Trinajstić information content (AvgIpc) is 2.35. The topological polar surface area (TPSA) is 52.6 Å². The van der Waals surface area contributed by atoms with E-state index >= 15 is 0 Å². The molecule has 1 aromatic rings. The predicted octanol–water partition coefficient (Wildman–Crippen LogP) is 1.83. The van der Waals surface area contributed by atoms with Crippen LogP contribution < -0.4 is 10.2 Å². The molecule has 18 heavy (non-hydrogen) atoms. The Morgan fingerprint density at radius 1 is 1.56 bits per heavy atom. The van der Waals surface area contributed by atoms with Gasteiger partial charge in [0.15, 0.2) is 0 Å². The van der Waals surface area contributed by atoms with Crippen molar-refractivity contribution in [1.82, 2.24) is 5.32 Å². The predicted molar refractivity (Wildman–Crippen MR) is 73.9 cm³/mol. The van der Waals surface area contributed by atoms with Gasteiger partial charge in [-0.1, -0.05) is 12.1 Å². The highest BCUT2D eigenvalue weighted by Crippen LogP contribution is 2.24. The number of phenolic OH excluding ortho intramolecular Hbond substituents is 1. The van der Waals surface area contributed by atoms with Gasteiger partial charge in [0.25, 0.3) is 0 Å². The van der Waals surface area contributed by atoms with E-state index in [0.717, 1.165) is 11.3 Å². The van der Waals surface area contributed by atoms with Crippen LogP contribution in [0.2, 0.25) is 0 Å². The van der Waals surface area contributed by atoms with E-state index in [4.69, 9.17) is 0 Å². The minimum absolute atomic E-state index is 0.0203. The summed E-state index contributed by atoms with van der Waals surface area (Å²) in [6.07, 6.45) is 1.71. The van der Waals surface area contributed by atoms with E-state index in [0.29, 0.717) is 13.1 Å². The molecule has 0 saturated heterocycles. The van der Waals surface area contributed by atoms with Crippen molar-refractivity contribution < 1.29 is 9.90 Å². The van der Waals surface area contributed by atoms with Gasteiger partial charge in [0.2, 0.25) is 5.91 Å². The van der Waals surface area contributed by atoms with Gasteiger partial charge in [-0.2, -0.15) is 0 Å². The molecule has 0 radical (unpaired) electrons. The van der Waals surface area contributed by atoms with Gasteiger partial charge >= 0.3 is 0 Å². The lowest BCUT2D eigenvalue weighted by molar-refractivity contribution is -0.117. The normalized spacial score (nSPS) is 10.1. The van der Waals surface area contributed by atoms with Crippen LogP contribution in [-0.2, 0) is 4.79 Å². The second-order valence-corrected chi connectivity index (χ2v) is 4.03. The average molecular weight is 248 g/mol. The Bertz CT molecular complexity index is 430. The summed E-state index contributed by atoms with van der Waals surface area (Å²) >= 11 is 0. The summed E-state index contributed by atoms with van der Waals surface area (Å²) in [6, 6.07) is 5.04. The summed E-state index contributed by atoms with van der Waals surface area (Å²) in [5.41, 5.74) is 1.72. The van der Waals surface area contributed by atoms with Gasteiger partial charge in [-0.05, 0) is 25.5 Å². The molecule has 0 heterocycles. The van der Waals surface area contributed by atoms with Crippen LogP contribution in [0.15, 0.2) is 30.9 Å². The van der Waals surface area contributed by atoms with Crippen molar-refractivity contribution in [3.8, 4) is 5.75 Å². The second kappa shape index (κ2) is 6.81. The Labute approximate surface area is 108 Å². The summed E-state index contributed by atoms with van der Waals surface area (Å²) in [5, 5.41) is 12.5. The monoisotopic (exact) mass is 248 g/mol. The number of aryl methyl sites for hydroxylation is 1. The van der Waals surface area contributed by atoms with Crippen LogP contribution in [0, 0.1) is 6.92 Å². The molecule has 4 heteroatoms. The number of nitrogens with zero attached hydrogens (tertiary/aromatic N) is 1. The smallest absolute Gasteiger partial charge is 0.240 e. The molecular weight excluding hydrogens is 228 g/mol. The highest BCUT2D eigenvalue weighted by molar-refractivity contribution is 5.95. The molecule has 1 aromatic carbocycles. The van der Waals surface area contributed by atoms with Crippen LogP contribution in [0.4, 0.5) is 5.69 Å². The zero-order valence-electron chi connectivity index (χ0n) is 10.9. The number of anilines is 1. The fourth-order valence-corrected chi connectivity index (χ4v) is 1.75. The number of amides is 1. The Hall–Kier alpha value is -1.81. The number of hydrogen-bond donors (Lipinski definition) is 2. The molecule has 0 fully saturated rings. The third-order valence-electron chi connectivity index (χ3n) is 2.67. The molecule has 0 aromatic heterocycles. The van der Waals surface area contributed by atoms with Crippen molar-refractivity contribution in [2.45, 2.75) is 13.8 Å². The summed E-state index contributed by atoms with van der Waals surface area (Å²) in [6.45, 7) is 8.84. The number of aromatic hydroxyl groups is 1. The molecule has 98 valence electrons. The van der Waals surface area contributed by atoms with Crippen LogP contribution in [0.3, 0.4) is 0 Å². The molecule has 0 atom stereocenters. The Balaban J connectivity index is 2.84. The number of benzene rings is 1. The van der Waals surface area contributed by atoms with Crippen molar-refractivity contribution in [3.05, 3.63) is 36.4 Å². The van der Waals surface area contributed by atoms with Gasteiger partial charge in [-0.15, -0.1) is 6.58 Å². The van der Waals surface area contributed by atoms with E-state index in [9.17, 15) is 9.90 Å². The first-order chi connectivity index (χ1) is 8.60. The van der Waals surface area contributed by atoms with Crippen LogP contribution in [-0.4, -0.2) is 30.6 Å². The van der Waals surface area contributed by atoms with Crippen LogP contribution in [0.5, 0.6) is 5.75 Å². The number of hydrogen-bond acceptors (Lipinski definition) is 3. The van der Waals surface area contributed by atoms with Crippen LogP contribution >= 0.6 is 0 Å². The molecule has 0 aliphatic carbocycles. The second-order valence-electron chi connectivity index (χ2n) is 4.03. The molecule has 0 spiro atoms. The Morgan fingerprint density at radius 2 is 2.28 bits per heavy atom. The minimum Gasteiger partial charge on any atom is -0.508 e. The summed E-state index contributed by atoms with van der Waals surface area (Å²) < 4.78 is 0. The largest absolute Gasteiger partial charge is 0.508 e. The van der Waals surface area contributed by atoms with Crippen molar-refractivity contribution in [2.24, 2.45) is 0 Å². The van der Waals surface area contributed by atoms with E-state index < -0.39 is 0 Å². The highest BCUT2D eigenvalue weighted by atomic mass is 16.3. The van der Waals surface area contributed by atoms with Gasteiger partial charge in [0, 0.05) is 19.2 Å². The minimum atomic E-state index is -0.0203. The lowest BCUT2D eigenvalue weighted by Gasteiger charge is -2.23. The van der Waals surface area contributed by atoms with E-state index in [1.807, 2.05) is 13.8 Å². The molecular formula is C14H20N2O2. The van der Waals surface area contributed by atoms with Gasteiger partial charge in [-0.3, -0.25) is 4.79 Å². The molecule has 1 rings (SSSR count). The maximum absolute atomic E-state index is 12.1. The number of likely N-dealkylation sites (N-methyl/N-ethyl adjacent to an activating group) is 1. The molecule has 0 saturated carbocycles. The fourth-order valence-electron chi connectivity index (χ4n) is 1.75. The molecule has 0 aliphatic heterocycles.